The van der Waals surface area contributed by atoms with E-state index in [1.165, 1.54) is 6.42 Å². The van der Waals surface area contributed by atoms with Gasteiger partial charge in [0.25, 0.3) is 0 Å². The number of hydrogen-bond donors (Lipinski definition) is 2. The number of hydrazine groups is 1. The molecule has 0 radical (unpaired) electrons. The SMILES string of the molecule is CN1CCCN(C)C(C(Cc2ccccc2Cl)NN)C1. The van der Waals surface area contributed by atoms with Crippen LogP contribution in [-0.2, 0) is 6.42 Å². The van der Waals surface area contributed by atoms with Gasteiger partial charge in [-0.05, 0) is 51.7 Å². The molecule has 5 heteroatoms. The molecule has 4 nitrogen and oxygen atoms in total. The first-order chi connectivity index (χ1) is 9.61. The number of benzene rings is 1. The summed E-state index contributed by atoms with van der Waals surface area (Å²) in [4.78, 5) is 4.79. The Morgan fingerprint density at radius 2 is 2.10 bits per heavy atom. The molecule has 0 aromatic heterocycles. The quantitative estimate of drug-likeness (QED) is 0.650. The number of rotatable bonds is 4. The number of likely N-dealkylation sites (N-methyl/N-ethyl adjacent to an activating group) is 2. The number of nitrogens with two attached hydrogens (primary N) is 1. The van der Waals surface area contributed by atoms with Gasteiger partial charge in [0.15, 0.2) is 0 Å². The average molecular weight is 297 g/mol. The van der Waals surface area contributed by atoms with E-state index in [1.807, 2.05) is 18.2 Å². The third kappa shape index (κ3) is 3.93. The lowest BCUT2D eigenvalue weighted by Gasteiger charge is -2.34. The van der Waals surface area contributed by atoms with Crippen LogP contribution in [0.3, 0.4) is 0 Å². The molecular weight excluding hydrogens is 272 g/mol. The Hall–Kier alpha value is -0.650. The van der Waals surface area contributed by atoms with Gasteiger partial charge in [-0.15, -0.1) is 0 Å². The normalized spacial score (nSPS) is 23.5. The highest BCUT2D eigenvalue weighted by atomic mass is 35.5. The molecule has 1 aliphatic rings. The predicted molar refractivity (Wildman–Crippen MR) is 84.8 cm³/mol. The highest BCUT2D eigenvalue weighted by Crippen LogP contribution is 2.19. The topological polar surface area (TPSA) is 44.5 Å². The zero-order valence-electron chi connectivity index (χ0n) is 12.3. The molecule has 0 spiro atoms. The van der Waals surface area contributed by atoms with E-state index in [0.717, 1.165) is 36.6 Å². The summed E-state index contributed by atoms with van der Waals surface area (Å²) in [6.45, 7) is 3.27. The van der Waals surface area contributed by atoms with Crippen LogP contribution in [0.15, 0.2) is 24.3 Å². The van der Waals surface area contributed by atoms with Crippen LogP contribution in [0, 0.1) is 0 Å². The van der Waals surface area contributed by atoms with E-state index in [4.69, 9.17) is 17.4 Å². The van der Waals surface area contributed by atoms with Crippen LogP contribution in [0.4, 0.5) is 0 Å². The van der Waals surface area contributed by atoms with Gasteiger partial charge in [0.1, 0.15) is 0 Å². The fourth-order valence-electron chi connectivity index (χ4n) is 2.95. The number of nitrogens with zero attached hydrogens (tertiary/aromatic N) is 2. The maximum Gasteiger partial charge on any atom is 0.0438 e. The molecule has 2 atom stereocenters. The first-order valence-corrected chi connectivity index (χ1v) is 7.58. The maximum absolute atomic E-state index is 6.27. The van der Waals surface area contributed by atoms with Crippen molar-refractivity contribution in [1.29, 1.82) is 0 Å². The molecule has 1 fully saturated rings. The van der Waals surface area contributed by atoms with E-state index < -0.39 is 0 Å². The van der Waals surface area contributed by atoms with Crippen molar-refractivity contribution in [2.24, 2.45) is 5.84 Å². The minimum Gasteiger partial charge on any atom is -0.305 e. The molecule has 1 heterocycles. The van der Waals surface area contributed by atoms with Gasteiger partial charge in [0.05, 0.1) is 0 Å². The van der Waals surface area contributed by atoms with Gasteiger partial charge < -0.3 is 9.80 Å². The molecule has 2 rings (SSSR count). The lowest BCUT2D eigenvalue weighted by Crippen LogP contribution is -2.55. The van der Waals surface area contributed by atoms with Gasteiger partial charge in [-0.1, -0.05) is 29.8 Å². The molecule has 2 unspecified atom stereocenters. The molecule has 0 saturated carbocycles. The Bertz CT molecular complexity index is 426. The largest absolute Gasteiger partial charge is 0.305 e. The zero-order chi connectivity index (χ0) is 14.5. The standard InChI is InChI=1S/C15H25ClN4/c1-19-8-5-9-20(2)15(11-19)14(18-17)10-12-6-3-4-7-13(12)16/h3-4,6-7,14-15,18H,5,8-11,17H2,1-2H3. The van der Waals surface area contributed by atoms with Crippen molar-refractivity contribution in [2.45, 2.75) is 24.9 Å². The third-order valence-corrected chi connectivity index (χ3v) is 4.56. The second-order valence-electron chi connectivity index (χ2n) is 5.73. The molecule has 1 aromatic rings. The predicted octanol–water partition coefficient (Wildman–Crippen LogP) is 1.35. The van der Waals surface area contributed by atoms with Crippen molar-refractivity contribution in [2.75, 3.05) is 33.7 Å². The smallest absolute Gasteiger partial charge is 0.0438 e. The Labute approximate surface area is 126 Å². The van der Waals surface area contributed by atoms with Crippen molar-refractivity contribution < 1.29 is 0 Å². The molecule has 0 aliphatic carbocycles. The van der Waals surface area contributed by atoms with Crippen LogP contribution in [0.25, 0.3) is 0 Å². The van der Waals surface area contributed by atoms with Crippen molar-refractivity contribution >= 4 is 11.6 Å². The summed E-state index contributed by atoms with van der Waals surface area (Å²) in [6.07, 6.45) is 2.05. The van der Waals surface area contributed by atoms with Crippen LogP contribution < -0.4 is 11.3 Å². The number of hydrogen-bond acceptors (Lipinski definition) is 4. The summed E-state index contributed by atoms with van der Waals surface area (Å²) in [5.41, 5.74) is 4.15. The van der Waals surface area contributed by atoms with Crippen LogP contribution in [0.1, 0.15) is 12.0 Å². The fraction of sp³-hybridized carbons (Fsp3) is 0.600. The molecular formula is C15H25ClN4. The average Bonchev–Trinajstić information content (AvgIpc) is 2.60. The van der Waals surface area contributed by atoms with Gasteiger partial charge in [0.2, 0.25) is 0 Å². The van der Waals surface area contributed by atoms with Gasteiger partial charge in [0, 0.05) is 23.7 Å². The van der Waals surface area contributed by atoms with Crippen LogP contribution in [0.5, 0.6) is 0 Å². The highest BCUT2D eigenvalue weighted by molar-refractivity contribution is 6.31. The van der Waals surface area contributed by atoms with Gasteiger partial charge >= 0.3 is 0 Å². The molecule has 1 aromatic carbocycles. The zero-order valence-corrected chi connectivity index (χ0v) is 13.1. The Kier molecular flexibility index (Phi) is 5.81. The van der Waals surface area contributed by atoms with E-state index >= 15 is 0 Å². The first-order valence-electron chi connectivity index (χ1n) is 7.20. The van der Waals surface area contributed by atoms with Crippen LogP contribution >= 0.6 is 11.6 Å². The second kappa shape index (κ2) is 7.38. The van der Waals surface area contributed by atoms with E-state index in [0.29, 0.717) is 6.04 Å². The van der Waals surface area contributed by atoms with Crippen molar-refractivity contribution in [3.05, 3.63) is 34.9 Å². The minimum atomic E-state index is 0.195. The maximum atomic E-state index is 6.27. The highest BCUT2D eigenvalue weighted by Gasteiger charge is 2.28. The molecule has 112 valence electrons. The van der Waals surface area contributed by atoms with Crippen LogP contribution in [0.2, 0.25) is 5.02 Å². The lowest BCUT2D eigenvalue weighted by atomic mass is 9.98. The molecule has 1 saturated heterocycles. The molecule has 0 bridgehead atoms. The first kappa shape index (κ1) is 15.7. The van der Waals surface area contributed by atoms with Gasteiger partial charge in [-0.2, -0.15) is 0 Å². The summed E-state index contributed by atoms with van der Waals surface area (Å²) in [7, 11) is 4.36. The molecule has 20 heavy (non-hydrogen) atoms. The number of nitrogens with one attached hydrogen (secondary N) is 1. The van der Waals surface area contributed by atoms with Gasteiger partial charge in [-0.3, -0.25) is 11.3 Å². The summed E-state index contributed by atoms with van der Waals surface area (Å²) in [6, 6.07) is 8.59. The summed E-state index contributed by atoms with van der Waals surface area (Å²) < 4.78 is 0. The van der Waals surface area contributed by atoms with Crippen molar-refractivity contribution in [3.8, 4) is 0 Å². The minimum absolute atomic E-state index is 0.195. The summed E-state index contributed by atoms with van der Waals surface area (Å²) >= 11 is 6.27. The Morgan fingerprint density at radius 1 is 1.35 bits per heavy atom. The van der Waals surface area contributed by atoms with E-state index in [9.17, 15) is 0 Å². The lowest BCUT2D eigenvalue weighted by molar-refractivity contribution is 0.177. The molecule has 0 amide bonds. The van der Waals surface area contributed by atoms with Crippen molar-refractivity contribution in [3.63, 3.8) is 0 Å². The Morgan fingerprint density at radius 3 is 2.80 bits per heavy atom. The fourth-order valence-corrected chi connectivity index (χ4v) is 3.16. The molecule has 3 N–H and O–H groups in total. The van der Waals surface area contributed by atoms with E-state index in [1.54, 1.807) is 0 Å². The third-order valence-electron chi connectivity index (χ3n) is 4.19. The second-order valence-corrected chi connectivity index (χ2v) is 6.14. The van der Waals surface area contributed by atoms with E-state index in [2.05, 4.69) is 35.4 Å². The van der Waals surface area contributed by atoms with Crippen molar-refractivity contribution in [1.82, 2.24) is 15.2 Å². The Balaban J connectivity index is 2.12. The summed E-state index contributed by atoms with van der Waals surface area (Å²) in [5.74, 6) is 5.82. The van der Waals surface area contributed by atoms with Crippen LogP contribution in [-0.4, -0.2) is 55.6 Å². The number of halogens is 1. The summed E-state index contributed by atoms with van der Waals surface area (Å²) in [5, 5.41) is 0.817. The molecule has 1 aliphatic heterocycles. The van der Waals surface area contributed by atoms with Gasteiger partial charge in [-0.25, -0.2) is 0 Å². The van der Waals surface area contributed by atoms with E-state index in [-0.39, 0.29) is 6.04 Å². The monoisotopic (exact) mass is 296 g/mol.